The summed E-state index contributed by atoms with van der Waals surface area (Å²) in [6, 6.07) is 15.8. The Hall–Kier alpha value is -1.80. The maximum Gasteiger partial charge on any atom is 0.224 e. The van der Waals surface area contributed by atoms with Crippen molar-refractivity contribution in [2.45, 2.75) is 32.7 Å². The van der Waals surface area contributed by atoms with Gasteiger partial charge >= 0.3 is 0 Å². The zero-order valence-corrected chi connectivity index (χ0v) is 13.2. The van der Waals surface area contributed by atoms with Crippen LogP contribution in [0.15, 0.2) is 48.5 Å². The van der Waals surface area contributed by atoms with Gasteiger partial charge in [0.2, 0.25) is 5.91 Å². The van der Waals surface area contributed by atoms with Crippen LogP contribution in [0.5, 0.6) is 0 Å². The van der Waals surface area contributed by atoms with Crippen LogP contribution in [0, 0.1) is 6.92 Å². The number of halogens is 1. The molecule has 0 aliphatic rings. The number of aryl methyl sites for hydroxylation is 1. The highest BCUT2D eigenvalue weighted by Gasteiger charge is 2.13. The van der Waals surface area contributed by atoms with E-state index < -0.39 is 0 Å². The second-order valence-corrected chi connectivity index (χ2v) is 5.61. The highest BCUT2D eigenvalue weighted by atomic mass is 35.5. The van der Waals surface area contributed by atoms with E-state index in [0.29, 0.717) is 11.4 Å². The van der Waals surface area contributed by atoms with Crippen LogP contribution in [0.25, 0.3) is 0 Å². The molecule has 2 nitrogen and oxygen atoms in total. The predicted octanol–water partition coefficient (Wildman–Crippen LogP) is 4.46. The lowest BCUT2D eigenvalue weighted by atomic mass is 10.0. The molecule has 0 saturated carbocycles. The second kappa shape index (κ2) is 7.28. The number of hydrogen-bond acceptors (Lipinski definition) is 1. The number of amides is 1. The van der Waals surface area contributed by atoms with E-state index in [4.69, 9.17) is 11.6 Å². The molecule has 21 heavy (non-hydrogen) atoms. The van der Waals surface area contributed by atoms with Crippen molar-refractivity contribution in [1.82, 2.24) is 5.32 Å². The lowest BCUT2D eigenvalue weighted by Crippen LogP contribution is -2.29. The summed E-state index contributed by atoms with van der Waals surface area (Å²) in [5, 5.41) is 3.72. The first-order chi connectivity index (χ1) is 10.1. The third-order valence-corrected chi connectivity index (χ3v) is 3.90. The molecule has 0 saturated heterocycles. The molecule has 0 fully saturated rings. The normalized spacial score (nSPS) is 12.0. The first-order valence-corrected chi connectivity index (χ1v) is 7.57. The smallest absolute Gasteiger partial charge is 0.224 e. The quantitative estimate of drug-likeness (QED) is 0.868. The summed E-state index contributed by atoms with van der Waals surface area (Å²) in [6.45, 7) is 4.13. The lowest BCUT2D eigenvalue weighted by molar-refractivity contribution is -0.121. The average molecular weight is 302 g/mol. The summed E-state index contributed by atoms with van der Waals surface area (Å²) >= 11 is 6.09. The number of hydrogen-bond donors (Lipinski definition) is 1. The molecule has 2 rings (SSSR count). The van der Waals surface area contributed by atoms with Crippen LogP contribution in [0.3, 0.4) is 0 Å². The molecule has 0 aromatic heterocycles. The Labute approximate surface area is 131 Å². The fourth-order valence-corrected chi connectivity index (χ4v) is 2.48. The summed E-state index contributed by atoms with van der Waals surface area (Å²) in [7, 11) is 0. The summed E-state index contributed by atoms with van der Waals surface area (Å²) in [6.07, 6.45) is 1.17. The molecule has 0 spiro atoms. The Kier molecular flexibility index (Phi) is 5.40. The van der Waals surface area contributed by atoms with Gasteiger partial charge in [0.1, 0.15) is 0 Å². The SMILES string of the molecule is CC[C@H](NC(=O)Cc1ccccc1Cl)c1ccc(C)cc1. The van der Waals surface area contributed by atoms with E-state index in [9.17, 15) is 4.79 Å². The number of carbonyl (C=O) groups is 1. The van der Waals surface area contributed by atoms with Gasteiger partial charge in [-0.1, -0.05) is 66.6 Å². The van der Waals surface area contributed by atoms with Crippen molar-refractivity contribution in [3.63, 3.8) is 0 Å². The number of benzene rings is 2. The van der Waals surface area contributed by atoms with Gasteiger partial charge in [0.25, 0.3) is 0 Å². The fourth-order valence-electron chi connectivity index (χ4n) is 2.28. The van der Waals surface area contributed by atoms with Crippen molar-refractivity contribution >= 4 is 17.5 Å². The van der Waals surface area contributed by atoms with Crippen LogP contribution >= 0.6 is 11.6 Å². The molecule has 2 aromatic carbocycles. The summed E-state index contributed by atoms with van der Waals surface area (Å²) in [5.41, 5.74) is 3.21. The summed E-state index contributed by atoms with van der Waals surface area (Å²) < 4.78 is 0. The predicted molar refractivity (Wildman–Crippen MR) is 87.5 cm³/mol. The van der Waals surface area contributed by atoms with Gasteiger partial charge in [-0.25, -0.2) is 0 Å². The molecular weight excluding hydrogens is 282 g/mol. The molecule has 2 aromatic rings. The average Bonchev–Trinajstić information content (AvgIpc) is 2.48. The van der Waals surface area contributed by atoms with Crippen LogP contribution in [0.1, 0.15) is 36.1 Å². The summed E-state index contributed by atoms with van der Waals surface area (Å²) in [5.74, 6) is -0.00414. The van der Waals surface area contributed by atoms with E-state index in [1.54, 1.807) is 6.07 Å². The number of nitrogens with one attached hydrogen (secondary N) is 1. The number of carbonyl (C=O) groups excluding carboxylic acids is 1. The van der Waals surface area contributed by atoms with Crippen molar-refractivity contribution in [1.29, 1.82) is 0 Å². The largest absolute Gasteiger partial charge is 0.349 e. The molecule has 1 amide bonds. The maximum absolute atomic E-state index is 12.2. The lowest BCUT2D eigenvalue weighted by Gasteiger charge is -2.18. The van der Waals surface area contributed by atoms with Crippen molar-refractivity contribution in [2.75, 3.05) is 0 Å². The van der Waals surface area contributed by atoms with Gasteiger partial charge in [0, 0.05) is 5.02 Å². The van der Waals surface area contributed by atoms with Crippen molar-refractivity contribution < 1.29 is 4.79 Å². The van der Waals surface area contributed by atoms with E-state index >= 15 is 0 Å². The molecule has 1 atom stereocenters. The molecular formula is C18H20ClNO. The molecule has 3 heteroatoms. The van der Waals surface area contributed by atoms with Gasteiger partial charge in [-0.15, -0.1) is 0 Å². The number of rotatable bonds is 5. The Morgan fingerprint density at radius 2 is 1.81 bits per heavy atom. The minimum absolute atomic E-state index is 0.00414. The molecule has 110 valence electrons. The molecule has 0 aliphatic heterocycles. The van der Waals surface area contributed by atoms with Gasteiger partial charge in [-0.3, -0.25) is 4.79 Å². The minimum Gasteiger partial charge on any atom is -0.349 e. The van der Waals surface area contributed by atoms with E-state index in [-0.39, 0.29) is 11.9 Å². The second-order valence-electron chi connectivity index (χ2n) is 5.21. The van der Waals surface area contributed by atoms with Gasteiger partial charge in [0.15, 0.2) is 0 Å². The topological polar surface area (TPSA) is 29.1 Å². The maximum atomic E-state index is 12.2. The van der Waals surface area contributed by atoms with Crippen molar-refractivity contribution in [3.8, 4) is 0 Å². The fraction of sp³-hybridized carbons (Fsp3) is 0.278. The van der Waals surface area contributed by atoms with Crippen LogP contribution in [-0.4, -0.2) is 5.91 Å². The highest BCUT2D eigenvalue weighted by Crippen LogP contribution is 2.19. The van der Waals surface area contributed by atoms with Gasteiger partial charge in [-0.05, 0) is 30.5 Å². The molecule has 1 N–H and O–H groups in total. The van der Waals surface area contributed by atoms with Crippen molar-refractivity contribution in [3.05, 3.63) is 70.2 Å². The third kappa shape index (κ3) is 4.33. The Morgan fingerprint density at radius 3 is 2.43 bits per heavy atom. The van der Waals surface area contributed by atoms with Gasteiger partial charge < -0.3 is 5.32 Å². The van der Waals surface area contributed by atoms with Gasteiger partial charge in [0.05, 0.1) is 12.5 Å². The Bertz CT molecular complexity index is 607. The minimum atomic E-state index is -0.00414. The van der Waals surface area contributed by atoms with Crippen LogP contribution in [0.2, 0.25) is 5.02 Å². The third-order valence-electron chi connectivity index (χ3n) is 3.53. The van der Waals surface area contributed by atoms with Crippen LogP contribution in [-0.2, 0) is 11.2 Å². The monoisotopic (exact) mass is 301 g/mol. The van der Waals surface area contributed by atoms with E-state index in [0.717, 1.165) is 17.5 Å². The Balaban J connectivity index is 2.03. The molecule has 0 heterocycles. The Morgan fingerprint density at radius 1 is 1.14 bits per heavy atom. The van der Waals surface area contributed by atoms with Crippen LogP contribution in [0.4, 0.5) is 0 Å². The van der Waals surface area contributed by atoms with E-state index in [1.807, 2.05) is 18.2 Å². The van der Waals surface area contributed by atoms with Gasteiger partial charge in [-0.2, -0.15) is 0 Å². The molecule has 0 aliphatic carbocycles. The molecule has 0 unspecified atom stereocenters. The van der Waals surface area contributed by atoms with E-state index in [1.165, 1.54) is 5.56 Å². The van der Waals surface area contributed by atoms with E-state index in [2.05, 4.69) is 43.4 Å². The first kappa shape index (κ1) is 15.6. The standard InChI is InChI=1S/C18H20ClNO/c1-3-17(14-10-8-13(2)9-11-14)20-18(21)12-15-6-4-5-7-16(15)19/h4-11,17H,3,12H2,1-2H3,(H,20,21)/t17-/m0/s1. The van der Waals surface area contributed by atoms with Crippen molar-refractivity contribution in [2.24, 2.45) is 0 Å². The molecule has 0 radical (unpaired) electrons. The van der Waals surface area contributed by atoms with Crippen LogP contribution < -0.4 is 5.32 Å². The molecule has 0 bridgehead atoms. The zero-order chi connectivity index (χ0) is 15.2. The first-order valence-electron chi connectivity index (χ1n) is 7.19. The highest BCUT2D eigenvalue weighted by molar-refractivity contribution is 6.31. The summed E-state index contributed by atoms with van der Waals surface area (Å²) in [4.78, 5) is 12.2. The zero-order valence-electron chi connectivity index (χ0n) is 12.4.